The molecule has 1 heterocycles. The van der Waals surface area contributed by atoms with Gasteiger partial charge in [0.15, 0.2) is 5.11 Å². The maximum atomic E-state index is 5.32. The first-order valence-electron chi connectivity index (χ1n) is 7.70. The molecule has 0 fully saturated rings. The van der Waals surface area contributed by atoms with Gasteiger partial charge in [0.05, 0.1) is 22.4 Å². The highest BCUT2D eigenvalue weighted by Gasteiger charge is 2.09. The summed E-state index contributed by atoms with van der Waals surface area (Å²) in [4.78, 5) is 0. The largest absolute Gasteiger partial charge is 0.362 e. The molecule has 2 rings (SSSR count). The molecule has 0 aliphatic carbocycles. The van der Waals surface area contributed by atoms with E-state index in [1.807, 2.05) is 23.7 Å². The third-order valence-electron chi connectivity index (χ3n) is 3.48. The van der Waals surface area contributed by atoms with E-state index >= 15 is 0 Å². The molecule has 0 atom stereocenters. The summed E-state index contributed by atoms with van der Waals surface area (Å²) in [5, 5.41) is 11.7. The first kappa shape index (κ1) is 17.9. The van der Waals surface area contributed by atoms with Crippen molar-refractivity contribution in [3.05, 3.63) is 45.7 Å². The molecule has 0 spiro atoms. The fraction of sp³-hybridized carbons (Fsp3) is 0.412. The molecule has 0 bridgehead atoms. The van der Waals surface area contributed by atoms with Crippen LogP contribution in [0.25, 0.3) is 0 Å². The highest BCUT2D eigenvalue weighted by Crippen LogP contribution is 2.21. The summed E-state index contributed by atoms with van der Waals surface area (Å²) in [7, 11) is 0. The van der Waals surface area contributed by atoms with Crippen LogP contribution in [0.3, 0.4) is 0 Å². The number of nitrogens with one attached hydrogen (secondary N) is 2. The molecule has 0 aliphatic rings. The molecule has 0 amide bonds. The normalized spacial score (nSPS) is 10.9. The number of aryl methyl sites for hydroxylation is 1. The molecular weight excluding hydrogens is 372 g/mol. The Labute approximate surface area is 151 Å². The summed E-state index contributed by atoms with van der Waals surface area (Å²) in [5.74, 6) is 0.561. The van der Waals surface area contributed by atoms with Crippen LogP contribution in [-0.4, -0.2) is 21.4 Å². The topological polar surface area (TPSA) is 41.9 Å². The molecule has 6 heteroatoms. The molecule has 2 aromatic rings. The van der Waals surface area contributed by atoms with E-state index in [0.717, 1.165) is 34.6 Å². The van der Waals surface area contributed by atoms with Crippen molar-refractivity contribution in [2.75, 3.05) is 11.9 Å². The quantitative estimate of drug-likeness (QED) is 0.743. The van der Waals surface area contributed by atoms with Crippen molar-refractivity contribution in [3.8, 4) is 0 Å². The Balaban J connectivity index is 2.05. The van der Waals surface area contributed by atoms with E-state index in [-0.39, 0.29) is 0 Å². The summed E-state index contributed by atoms with van der Waals surface area (Å²) >= 11 is 8.89. The standard InChI is InChI=1S/C17H23BrN4S/c1-11(2)9-19-17(23)20-15-7-5-6-14(8-15)10-22-13(4)16(18)12(3)21-22/h5-8,11H,9-10H2,1-4H3,(H2,19,20,23). The molecule has 1 aromatic heterocycles. The maximum Gasteiger partial charge on any atom is 0.170 e. The van der Waals surface area contributed by atoms with Gasteiger partial charge in [-0.2, -0.15) is 5.10 Å². The van der Waals surface area contributed by atoms with E-state index in [1.165, 1.54) is 5.56 Å². The van der Waals surface area contributed by atoms with Gasteiger partial charge in [-0.05, 0) is 65.6 Å². The van der Waals surface area contributed by atoms with E-state index < -0.39 is 0 Å². The van der Waals surface area contributed by atoms with E-state index in [0.29, 0.717) is 11.0 Å². The molecule has 0 unspecified atom stereocenters. The van der Waals surface area contributed by atoms with Crippen LogP contribution in [0.4, 0.5) is 5.69 Å². The summed E-state index contributed by atoms with van der Waals surface area (Å²) in [5.41, 5.74) is 4.31. The molecule has 23 heavy (non-hydrogen) atoms. The van der Waals surface area contributed by atoms with Gasteiger partial charge >= 0.3 is 0 Å². The zero-order valence-corrected chi connectivity index (χ0v) is 16.4. The Hall–Kier alpha value is -1.40. The zero-order chi connectivity index (χ0) is 17.0. The van der Waals surface area contributed by atoms with Crippen LogP contribution in [0, 0.1) is 19.8 Å². The predicted octanol–water partition coefficient (Wildman–Crippen LogP) is 4.25. The Morgan fingerprint density at radius 2 is 2.09 bits per heavy atom. The van der Waals surface area contributed by atoms with Gasteiger partial charge in [0.2, 0.25) is 0 Å². The minimum absolute atomic E-state index is 0.561. The monoisotopic (exact) mass is 394 g/mol. The van der Waals surface area contributed by atoms with Crippen molar-refractivity contribution in [2.24, 2.45) is 5.92 Å². The van der Waals surface area contributed by atoms with Gasteiger partial charge in [-0.25, -0.2) is 0 Å². The molecule has 0 saturated heterocycles. The second-order valence-electron chi connectivity index (χ2n) is 6.07. The van der Waals surface area contributed by atoms with Crippen LogP contribution in [0.5, 0.6) is 0 Å². The van der Waals surface area contributed by atoms with Crippen molar-refractivity contribution < 1.29 is 0 Å². The first-order valence-corrected chi connectivity index (χ1v) is 8.90. The van der Waals surface area contributed by atoms with Crippen molar-refractivity contribution in [1.29, 1.82) is 0 Å². The van der Waals surface area contributed by atoms with Gasteiger partial charge in [0.25, 0.3) is 0 Å². The lowest BCUT2D eigenvalue weighted by molar-refractivity contribution is 0.627. The molecular formula is C17H23BrN4S. The molecule has 0 saturated carbocycles. The summed E-state index contributed by atoms with van der Waals surface area (Å²) in [6.07, 6.45) is 0. The minimum atomic E-state index is 0.561. The van der Waals surface area contributed by atoms with Crippen molar-refractivity contribution in [3.63, 3.8) is 0 Å². The fourth-order valence-corrected chi connectivity index (χ4v) is 2.71. The van der Waals surface area contributed by atoms with Crippen molar-refractivity contribution in [2.45, 2.75) is 34.2 Å². The van der Waals surface area contributed by atoms with Gasteiger partial charge < -0.3 is 10.6 Å². The number of benzene rings is 1. The zero-order valence-electron chi connectivity index (χ0n) is 14.0. The average molecular weight is 395 g/mol. The van der Waals surface area contributed by atoms with Crippen LogP contribution < -0.4 is 10.6 Å². The highest BCUT2D eigenvalue weighted by molar-refractivity contribution is 9.10. The number of aromatic nitrogens is 2. The lowest BCUT2D eigenvalue weighted by atomic mass is 10.2. The van der Waals surface area contributed by atoms with Crippen LogP contribution >= 0.6 is 28.1 Å². The number of anilines is 1. The van der Waals surface area contributed by atoms with Crippen molar-refractivity contribution >= 4 is 38.9 Å². The summed E-state index contributed by atoms with van der Waals surface area (Å²) in [6, 6.07) is 8.25. The van der Waals surface area contributed by atoms with Crippen LogP contribution in [0.15, 0.2) is 28.7 Å². The van der Waals surface area contributed by atoms with E-state index in [2.05, 4.69) is 64.6 Å². The predicted molar refractivity (Wildman–Crippen MR) is 104 cm³/mol. The number of halogens is 1. The number of hydrogen-bond acceptors (Lipinski definition) is 2. The second kappa shape index (κ2) is 7.93. The lowest BCUT2D eigenvalue weighted by Gasteiger charge is -2.13. The molecule has 1 aromatic carbocycles. The van der Waals surface area contributed by atoms with E-state index in [9.17, 15) is 0 Å². The smallest absolute Gasteiger partial charge is 0.170 e. The van der Waals surface area contributed by atoms with Crippen LogP contribution in [0.1, 0.15) is 30.8 Å². The molecule has 0 radical (unpaired) electrons. The highest BCUT2D eigenvalue weighted by atomic mass is 79.9. The fourth-order valence-electron chi connectivity index (χ4n) is 2.22. The molecule has 0 aliphatic heterocycles. The minimum Gasteiger partial charge on any atom is -0.362 e. The number of thiocarbonyl (C=S) groups is 1. The first-order chi connectivity index (χ1) is 10.9. The Morgan fingerprint density at radius 3 is 2.70 bits per heavy atom. The average Bonchev–Trinajstić information content (AvgIpc) is 2.73. The van der Waals surface area contributed by atoms with E-state index in [4.69, 9.17) is 12.2 Å². The summed E-state index contributed by atoms with van der Waals surface area (Å²) in [6.45, 7) is 9.98. The summed E-state index contributed by atoms with van der Waals surface area (Å²) < 4.78 is 3.08. The van der Waals surface area contributed by atoms with Crippen LogP contribution in [0.2, 0.25) is 0 Å². The van der Waals surface area contributed by atoms with Gasteiger partial charge in [0.1, 0.15) is 0 Å². The number of nitrogens with zero attached hydrogens (tertiary/aromatic N) is 2. The molecule has 2 N–H and O–H groups in total. The maximum absolute atomic E-state index is 5.32. The van der Waals surface area contributed by atoms with Gasteiger partial charge in [-0.15, -0.1) is 0 Å². The van der Waals surface area contributed by atoms with Gasteiger partial charge in [-0.3, -0.25) is 4.68 Å². The number of hydrogen-bond donors (Lipinski definition) is 2. The molecule has 124 valence electrons. The van der Waals surface area contributed by atoms with Gasteiger partial charge in [0, 0.05) is 12.2 Å². The van der Waals surface area contributed by atoms with Gasteiger partial charge in [-0.1, -0.05) is 26.0 Å². The van der Waals surface area contributed by atoms with E-state index in [1.54, 1.807) is 0 Å². The third-order valence-corrected chi connectivity index (χ3v) is 4.88. The second-order valence-corrected chi connectivity index (χ2v) is 7.27. The Morgan fingerprint density at radius 1 is 1.35 bits per heavy atom. The lowest BCUT2D eigenvalue weighted by Crippen LogP contribution is -2.31. The Bertz CT molecular complexity index is 694. The van der Waals surface area contributed by atoms with Crippen LogP contribution in [-0.2, 0) is 6.54 Å². The number of rotatable bonds is 5. The SMILES string of the molecule is Cc1nn(Cc2cccc(NC(=S)NCC(C)C)c2)c(C)c1Br. The molecule has 4 nitrogen and oxygen atoms in total. The Kier molecular flexibility index (Phi) is 6.18. The third kappa shape index (κ3) is 5.04. The van der Waals surface area contributed by atoms with Crippen molar-refractivity contribution in [1.82, 2.24) is 15.1 Å².